The number of nitrogens with zero attached hydrogens (tertiary/aromatic N) is 4. The van der Waals surface area contributed by atoms with Crippen molar-refractivity contribution in [1.82, 2.24) is 41.0 Å². The Kier molecular flexibility index (Phi) is 23.7. The molecule has 1 aromatic carbocycles. The van der Waals surface area contributed by atoms with Crippen molar-refractivity contribution in [2.45, 2.75) is 94.4 Å². The molecule has 5 N–H and O–H groups in total. The van der Waals surface area contributed by atoms with Crippen LogP contribution in [0.2, 0.25) is 0 Å². The van der Waals surface area contributed by atoms with Gasteiger partial charge in [-0.3, -0.25) is 28.8 Å². The lowest BCUT2D eigenvalue weighted by Crippen LogP contribution is -2.50. The standard InChI is InChI=1S/C52H75N9O11S/c1-3-47(65)59-22-17-38(18-23-59)42-16-15-41(37(2)62)50(56-42)55-40-13-11-39(12-14-40)51(67)61-26-24-60(25-27-61)48(66)10-6-7-20-53-46(64)19-28-69-30-32-71-34-35-72-33-31-70-29-21-54-45(63)9-5-4-8-44-49-43(36-73-44)57-52(68)58-49/h3,11-16,38,43-44,49H,1,4-10,17-36H2,2H3,(H,53,64)(H,54,63)(H,55,56)(H2,57,58,68). The Bertz CT molecular complexity index is 2150. The molecule has 0 aliphatic carbocycles. The summed E-state index contributed by atoms with van der Waals surface area (Å²) in [7, 11) is 0. The lowest BCUT2D eigenvalue weighted by atomic mass is 9.92. The van der Waals surface area contributed by atoms with Gasteiger partial charge < -0.3 is 60.2 Å². The van der Waals surface area contributed by atoms with Gasteiger partial charge in [-0.1, -0.05) is 13.0 Å². The van der Waals surface area contributed by atoms with Gasteiger partial charge in [0.2, 0.25) is 23.6 Å². The Hall–Kier alpha value is -5.61. The quantitative estimate of drug-likeness (QED) is 0.0313. The van der Waals surface area contributed by atoms with Gasteiger partial charge in [-0.25, -0.2) is 9.78 Å². The number of pyridine rings is 1. The number of carbonyl (C=O) groups excluding carboxylic acids is 7. The number of unbranched alkanes of at least 4 members (excludes halogenated alkanes) is 2. The third kappa shape index (κ3) is 18.7. The van der Waals surface area contributed by atoms with E-state index < -0.39 is 0 Å². The summed E-state index contributed by atoms with van der Waals surface area (Å²) in [5, 5.41) is 15.4. The zero-order valence-electron chi connectivity index (χ0n) is 42.3. The Morgan fingerprint density at radius 1 is 0.712 bits per heavy atom. The number of hydrogen-bond donors (Lipinski definition) is 5. The molecular weight excluding hydrogens is 959 g/mol. The molecule has 0 saturated carbocycles. The van der Waals surface area contributed by atoms with Crippen molar-refractivity contribution in [2.24, 2.45) is 0 Å². The number of likely N-dealkylation sites (tertiary alicyclic amines) is 1. The molecule has 21 heteroatoms. The minimum Gasteiger partial charge on any atom is -0.379 e. The van der Waals surface area contributed by atoms with E-state index in [-0.39, 0.29) is 72.4 Å². The summed E-state index contributed by atoms with van der Waals surface area (Å²) in [4.78, 5) is 96.9. The molecule has 400 valence electrons. The molecule has 0 radical (unpaired) electrons. The summed E-state index contributed by atoms with van der Waals surface area (Å²) < 4.78 is 22.1. The number of ether oxygens (including phenoxy) is 4. The van der Waals surface area contributed by atoms with Crippen LogP contribution in [-0.4, -0.2) is 189 Å². The number of carbonyl (C=O) groups is 7. The molecule has 4 aliphatic rings. The Labute approximate surface area is 433 Å². The number of anilines is 2. The number of hydrogen-bond acceptors (Lipinski definition) is 14. The van der Waals surface area contributed by atoms with E-state index in [1.807, 2.05) is 17.8 Å². The molecule has 6 rings (SSSR count). The van der Waals surface area contributed by atoms with E-state index in [0.29, 0.717) is 152 Å². The molecule has 2 aromatic rings. The molecule has 73 heavy (non-hydrogen) atoms. The van der Waals surface area contributed by atoms with E-state index in [0.717, 1.165) is 43.6 Å². The molecular formula is C52H75N9O11S. The number of piperazine rings is 1. The van der Waals surface area contributed by atoms with Crippen molar-refractivity contribution >= 4 is 64.6 Å². The second-order valence-electron chi connectivity index (χ2n) is 18.6. The summed E-state index contributed by atoms with van der Waals surface area (Å²) in [5.74, 6) is 1.18. The number of Topliss-reactive ketones (excluding diaryl/α,β-unsaturated/α-hetero) is 1. The van der Waals surface area contributed by atoms with Crippen molar-refractivity contribution in [1.29, 1.82) is 0 Å². The van der Waals surface area contributed by atoms with Gasteiger partial charge in [-0.2, -0.15) is 11.8 Å². The molecule has 7 amide bonds. The second kappa shape index (κ2) is 30.6. The first-order chi connectivity index (χ1) is 35.5. The SMILES string of the molecule is C=CC(=O)N1CCC(c2ccc(C(C)=O)c(Nc3ccc(C(=O)N4CCN(C(=O)CCCCNC(=O)CCOCCOCCOCCOCCNC(=O)CCCCC5SCC6NC(=O)NC65)CC4)cc3)n2)CC1. The zero-order chi connectivity index (χ0) is 51.8. The van der Waals surface area contributed by atoms with Crippen LogP contribution in [0.5, 0.6) is 0 Å². The average molecular weight is 1030 g/mol. The number of urea groups is 1. The first-order valence-corrected chi connectivity index (χ1v) is 26.9. The predicted molar refractivity (Wildman–Crippen MR) is 277 cm³/mol. The number of aromatic nitrogens is 1. The summed E-state index contributed by atoms with van der Waals surface area (Å²) in [6, 6.07) is 11.1. The molecule has 3 unspecified atom stereocenters. The largest absolute Gasteiger partial charge is 0.379 e. The summed E-state index contributed by atoms with van der Waals surface area (Å²) in [6.07, 6.45) is 8.02. The summed E-state index contributed by atoms with van der Waals surface area (Å²) >= 11 is 1.89. The first-order valence-electron chi connectivity index (χ1n) is 25.9. The van der Waals surface area contributed by atoms with Crippen molar-refractivity contribution < 1.29 is 52.5 Å². The molecule has 1 aromatic heterocycles. The number of ketones is 1. The van der Waals surface area contributed by atoms with Crippen LogP contribution in [0.4, 0.5) is 16.3 Å². The van der Waals surface area contributed by atoms with E-state index in [1.54, 1.807) is 45.0 Å². The molecule has 4 saturated heterocycles. The van der Waals surface area contributed by atoms with Gasteiger partial charge in [0.15, 0.2) is 5.78 Å². The lowest BCUT2D eigenvalue weighted by Gasteiger charge is -2.35. The zero-order valence-corrected chi connectivity index (χ0v) is 43.2. The Morgan fingerprint density at radius 2 is 1.34 bits per heavy atom. The molecule has 0 bridgehead atoms. The molecule has 5 heterocycles. The van der Waals surface area contributed by atoms with Gasteiger partial charge in [0.25, 0.3) is 5.91 Å². The number of thioether (sulfide) groups is 1. The van der Waals surface area contributed by atoms with Crippen molar-refractivity contribution in [3.8, 4) is 0 Å². The average Bonchev–Trinajstić information content (AvgIpc) is 3.97. The number of amides is 7. The number of rotatable bonds is 31. The van der Waals surface area contributed by atoms with E-state index in [1.165, 1.54) is 13.0 Å². The maximum Gasteiger partial charge on any atom is 0.315 e. The Balaban J connectivity index is 0.709. The van der Waals surface area contributed by atoms with Crippen LogP contribution in [0.25, 0.3) is 0 Å². The third-order valence-corrected chi connectivity index (χ3v) is 14.9. The van der Waals surface area contributed by atoms with E-state index in [4.69, 9.17) is 23.9 Å². The maximum atomic E-state index is 13.4. The second-order valence-corrected chi connectivity index (χ2v) is 19.9. The van der Waals surface area contributed by atoms with Gasteiger partial charge in [-0.15, -0.1) is 0 Å². The molecule has 20 nitrogen and oxygen atoms in total. The van der Waals surface area contributed by atoms with E-state index in [2.05, 4.69) is 33.2 Å². The van der Waals surface area contributed by atoms with Crippen LogP contribution in [-0.2, 0) is 38.1 Å². The monoisotopic (exact) mass is 1030 g/mol. The first kappa shape index (κ1) is 56.7. The fraction of sp³-hybridized carbons (Fsp3) is 0.615. The van der Waals surface area contributed by atoms with Gasteiger partial charge in [-0.05, 0) is 87.9 Å². The Morgan fingerprint density at radius 3 is 2.03 bits per heavy atom. The highest BCUT2D eigenvalue weighted by Crippen LogP contribution is 2.33. The predicted octanol–water partition coefficient (Wildman–Crippen LogP) is 3.79. The highest BCUT2D eigenvalue weighted by molar-refractivity contribution is 8.00. The fourth-order valence-electron chi connectivity index (χ4n) is 9.21. The van der Waals surface area contributed by atoms with E-state index in [9.17, 15) is 33.6 Å². The van der Waals surface area contributed by atoms with Crippen molar-refractivity contribution in [3.05, 3.63) is 65.9 Å². The van der Waals surface area contributed by atoms with Gasteiger partial charge in [0.1, 0.15) is 5.82 Å². The van der Waals surface area contributed by atoms with E-state index >= 15 is 0 Å². The van der Waals surface area contributed by atoms with Gasteiger partial charge >= 0.3 is 6.03 Å². The molecule has 3 atom stereocenters. The molecule has 4 fully saturated rings. The van der Waals surface area contributed by atoms with Crippen LogP contribution in [0, 0.1) is 0 Å². The van der Waals surface area contributed by atoms with Crippen LogP contribution in [0.15, 0.2) is 49.1 Å². The van der Waals surface area contributed by atoms with Gasteiger partial charge in [0.05, 0.1) is 70.5 Å². The minimum atomic E-state index is -0.118. The lowest BCUT2D eigenvalue weighted by molar-refractivity contribution is -0.132. The number of piperidine rings is 1. The number of fused-ring (bicyclic) bond motifs is 1. The summed E-state index contributed by atoms with van der Waals surface area (Å²) in [5.41, 5.74) is 2.53. The van der Waals surface area contributed by atoms with Crippen LogP contribution in [0.3, 0.4) is 0 Å². The number of nitrogens with one attached hydrogen (secondary N) is 5. The van der Waals surface area contributed by atoms with Gasteiger partial charge in [0, 0.05) is 105 Å². The number of benzene rings is 1. The third-order valence-electron chi connectivity index (χ3n) is 13.4. The highest BCUT2D eigenvalue weighted by Gasteiger charge is 2.42. The normalized spacial score (nSPS) is 18.7. The van der Waals surface area contributed by atoms with Crippen LogP contribution in [0.1, 0.15) is 103 Å². The van der Waals surface area contributed by atoms with Crippen molar-refractivity contribution in [3.63, 3.8) is 0 Å². The smallest absolute Gasteiger partial charge is 0.315 e. The summed E-state index contributed by atoms with van der Waals surface area (Å²) in [6.45, 7) is 12.1. The van der Waals surface area contributed by atoms with Crippen molar-refractivity contribution in [2.75, 3.05) is 116 Å². The molecule has 0 spiro atoms. The maximum absolute atomic E-state index is 13.4. The topological polar surface area (TPSA) is 239 Å². The highest BCUT2D eigenvalue weighted by atomic mass is 32.2. The van der Waals surface area contributed by atoms with Crippen LogP contribution < -0.4 is 26.6 Å². The minimum absolute atomic E-state index is 0.0194. The fourth-order valence-corrected chi connectivity index (χ4v) is 10.8. The molecule has 4 aliphatic heterocycles. The van der Waals surface area contributed by atoms with Crippen LogP contribution >= 0.6 is 11.8 Å².